The Labute approximate surface area is 231 Å². The van der Waals surface area contributed by atoms with Crippen LogP contribution in [0, 0.1) is 5.92 Å². The standard InChI is InChI=1S/C30H42N4O5/c1-29(2,3)39-28(38)32-23-16-11-6-4-5-10-15-22-19-30(22,27(37)31-20-21-13-8-7-9-14-21)33-25(35)24-17-12-18-34(24)26(23)36/h7-10,13-15,22-24H,4-6,11-12,16-20H2,1-3H3,(H,31,37)(H,32,38)(H,33,35)/b15-10-/t22-,23-,24-,30+/m0/s1. The van der Waals surface area contributed by atoms with Crippen molar-refractivity contribution in [2.45, 2.75) is 102 Å². The predicted octanol–water partition coefficient (Wildman–Crippen LogP) is 3.58. The van der Waals surface area contributed by atoms with E-state index in [0.717, 1.165) is 31.2 Å². The molecule has 1 saturated carbocycles. The Morgan fingerprint density at radius 3 is 2.59 bits per heavy atom. The summed E-state index contributed by atoms with van der Waals surface area (Å²) in [7, 11) is 0. The van der Waals surface area contributed by atoms with Gasteiger partial charge in [-0.1, -0.05) is 55.3 Å². The summed E-state index contributed by atoms with van der Waals surface area (Å²) < 4.78 is 5.41. The summed E-state index contributed by atoms with van der Waals surface area (Å²) in [4.78, 5) is 54.8. The highest BCUT2D eigenvalue weighted by atomic mass is 16.6. The van der Waals surface area contributed by atoms with Crippen molar-refractivity contribution in [1.82, 2.24) is 20.9 Å². The van der Waals surface area contributed by atoms with Gasteiger partial charge in [-0.15, -0.1) is 0 Å². The van der Waals surface area contributed by atoms with Gasteiger partial charge in [0.25, 0.3) is 0 Å². The summed E-state index contributed by atoms with van der Waals surface area (Å²) in [6, 6.07) is 8.20. The van der Waals surface area contributed by atoms with Crippen LogP contribution in [-0.2, 0) is 25.7 Å². The zero-order valence-electron chi connectivity index (χ0n) is 23.3. The lowest BCUT2D eigenvalue weighted by Gasteiger charge is -2.30. The molecular formula is C30H42N4O5. The number of ether oxygens (including phenoxy) is 1. The average Bonchev–Trinajstić information content (AvgIpc) is 3.34. The lowest BCUT2D eigenvalue weighted by Crippen LogP contribution is -2.57. The normalized spacial score (nSPS) is 28.6. The maximum absolute atomic E-state index is 13.7. The summed E-state index contributed by atoms with van der Waals surface area (Å²) in [5, 5.41) is 8.80. The third kappa shape index (κ3) is 7.40. The number of carbonyl (C=O) groups is 4. The van der Waals surface area contributed by atoms with Crippen LogP contribution in [-0.4, -0.2) is 58.5 Å². The highest BCUT2D eigenvalue weighted by Gasteiger charge is 2.60. The zero-order chi connectivity index (χ0) is 28.0. The maximum Gasteiger partial charge on any atom is 0.408 e. The van der Waals surface area contributed by atoms with Crippen molar-refractivity contribution < 1.29 is 23.9 Å². The first-order valence-corrected chi connectivity index (χ1v) is 14.2. The van der Waals surface area contributed by atoms with Gasteiger partial charge >= 0.3 is 6.09 Å². The van der Waals surface area contributed by atoms with Gasteiger partial charge in [-0.2, -0.15) is 0 Å². The smallest absolute Gasteiger partial charge is 0.408 e. The fraction of sp³-hybridized carbons (Fsp3) is 0.600. The maximum atomic E-state index is 13.7. The van der Waals surface area contributed by atoms with Crippen LogP contribution in [0.1, 0.15) is 77.7 Å². The second kappa shape index (κ2) is 12.2. The Balaban J connectivity index is 1.51. The van der Waals surface area contributed by atoms with E-state index in [0.29, 0.717) is 38.8 Å². The van der Waals surface area contributed by atoms with Crippen molar-refractivity contribution in [3.8, 4) is 0 Å². The quantitative estimate of drug-likeness (QED) is 0.507. The van der Waals surface area contributed by atoms with Gasteiger partial charge in [-0.3, -0.25) is 14.4 Å². The topological polar surface area (TPSA) is 117 Å². The second-order valence-corrected chi connectivity index (χ2v) is 11.9. The van der Waals surface area contributed by atoms with E-state index >= 15 is 0 Å². The van der Waals surface area contributed by atoms with Crippen LogP contribution in [0.2, 0.25) is 0 Å². The highest BCUT2D eigenvalue weighted by molar-refractivity contribution is 5.98. The van der Waals surface area contributed by atoms with Gasteiger partial charge in [-0.05, 0) is 64.9 Å². The van der Waals surface area contributed by atoms with Crippen LogP contribution in [0.4, 0.5) is 4.79 Å². The van der Waals surface area contributed by atoms with Gasteiger partial charge in [0.1, 0.15) is 23.2 Å². The van der Waals surface area contributed by atoms with E-state index in [1.165, 1.54) is 0 Å². The number of benzene rings is 1. The van der Waals surface area contributed by atoms with Crippen LogP contribution in [0.25, 0.3) is 0 Å². The molecule has 0 unspecified atom stereocenters. The summed E-state index contributed by atoms with van der Waals surface area (Å²) in [5.74, 6) is -0.896. The van der Waals surface area contributed by atoms with E-state index in [4.69, 9.17) is 4.74 Å². The number of amides is 4. The molecule has 1 aliphatic carbocycles. The van der Waals surface area contributed by atoms with E-state index < -0.39 is 29.3 Å². The number of alkyl carbamates (subject to hydrolysis) is 1. The van der Waals surface area contributed by atoms with Gasteiger partial charge in [-0.25, -0.2) is 4.79 Å². The molecule has 4 rings (SSSR count). The van der Waals surface area contributed by atoms with Gasteiger partial charge in [0.2, 0.25) is 17.7 Å². The Kier molecular flexibility index (Phi) is 8.97. The third-order valence-electron chi connectivity index (χ3n) is 7.62. The molecule has 0 bridgehead atoms. The minimum atomic E-state index is -1.02. The lowest BCUT2D eigenvalue weighted by atomic mass is 10.0. The van der Waals surface area contributed by atoms with Gasteiger partial charge in [0.15, 0.2) is 0 Å². The number of fused-ring (bicyclic) bond motifs is 2. The van der Waals surface area contributed by atoms with Gasteiger partial charge in [0.05, 0.1) is 0 Å². The summed E-state index contributed by atoms with van der Waals surface area (Å²) in [5.41, 5.74) is -0.728. The SMILES string of the molecule is CC(C)(C)OC(=O)N[C@H]1CCCCC/C=C\[C@H]2C[C@@]2(C(=O)NCc2ccccc2)NC(=O)[C@@H]2CCCN2C1=O. The monoisotopic (exact) mass is 538 g/mol. The molecule has 39 heavy (non-hydrogen) atoms. The van der Waals surface area contributed by atoms with Crippen molar-refractivity contribution in [1.29, 1.82) is 0 Å². The molecule has 1 aromatic carbocycles. The molecule has 4 atom stereocenters. The lowest BCUT2D eigenvalue weighted by molar-refractivity contribution is -0.141. The summed E-state index contributed by atoms with van der Waals surface area (Å²) in [6.45, 7) is 6.13. The van der Waals surface area contributed by atoms with Crippen molar-refractivity contribution in [2.24, 2.45) is 5.92 Å². The van der Waals surface area contributed by atoms with Crippen LogP contribution in [0.5, 0.6) is 0 Å². The molecule has 4 amide bonds. The van der Waals surface area contributed by atoms with Crippen LogP contribution in [0.15, 0.2) is 42.5 Å². The molecule has 1 saturated heterocycles. The molecule has 1 aromatic rings. The Morgan fingerprint density at radius 1 is 1.08 bits per heavy atom. The summed E-state index contributed by atoms with van der Waals surface area (Å²) in [6.07, 6.45) is 9.13. The first kappa shape index (κ1) is 28.6. The Bertz CT molecular complexity index is 1080. The number of hydrogen-bond acceptors (Lipinski definition) is 5. The Morgan fingerprint density at radius 2 is 1.85 bits per heavy atom. The number of carbonyl (C=O) groups excluding carboxylic acids is 4. The number of allylic oxidation sites excluding steroid dienone is 1. The molecule has 9 nitrogen and oxygen atoms in total. The van der Waals surface area contributed by atoms with E-state index in [2.05, 4.69) is 22.0 Å². The number of nitrogens with zero attached hydrogens (tertiary/aromatic N) is 1. The molecule has 0 radical (unpaired) electrons. The molecule has 2 heterocycles. The van der Waals surface area contributed by atoms with Crippen molar-refractivity contribution in [3.63, 3.8) is 0 Å². The second-order valence-electron chi connectivity index (χ2n) is 11.9. The molecule has 2 aliphatic heterocycles. The molecule has 9 heteroatoms. The van der Waals surface area contributed by atoms with Gasteiger partial charge < -0.3 is 25.6 Å². The molecule has 2 fully saturated rings. The third-order valence-corrected chi connectivity index (χ3v) is 7.62. The molecular weight excluding hydrogens is 496 g/mol. The van der Waals surface area contributed by atoms with E-state index in [9.17, 15) is 19.2 Å². The number of rotatable bonds is 4. The minimum absolute atomic E-state index is 0.0884. The largest absolute Gasteiger partial charge is 0.444 e. The van der Waals surface area contributed by atoms with Crippen LogP contribution < -0.4 is 16.0 Å². The summed E-state index contributed by atoms with van der Waals surface area (Å²) >= 11 is 0. The first-order valence-electron chi connectivity index (χ1n) is 14.2. The van der Waals surface area contributed by atoms with E-state index in [1.54, 1.807) is 25.7 Å². The van der Waals surface area contributed by atoms with Crippen molar-refractivity contribution in [2.75, 3.05) is 6.54 Å². The predicted molar refractivity (Wildman–Crippen MR) is 147 cm³/mol. The highest BCUT2D eigenvalue weighted by Crippen LogP contribution is 2.45. The van der Waals surface area contributed by atoms with Crippen LogP contribution >= 0.6 is 0 Å². The minimum Gasteiger partial charge on any atom is -0.444 e. The van der Waals surface area contributed by atoms with Gasteiger partial charge in [0, 0.05) is 19.0 Å². The molecule has 212 valence electrons. The van der Waals surface area contributed by atoms with E-state index in [1.807, 2.05) is 36.4 Å². The number of nitrogens with one attached hydrogen (secondary N) is 3. The fourth-order valence-electron chi connectivity index (χ4n) is 5.48. The molecule has 0 aromatic heterocycles. The van der Waals surface area contributed by atoms with Crippen molar-refractivity contribution >= 4 is 23.8 Å². The molecule has 0 spiro atoms. The fourth-order valence-corrected chi connectivity index (χ4v) is 5.48. The average molecular weight is 539 g/mol. The molecule has 3 N–H and O–H groups in total. The Hall–Kier alpha value is -3.36. The molecule has 3 aliphatic rings. The first-order chi connectivity index (χ1) is 18.6. The van der Waals surface area contributed by atoms with E-state index in [-0.39, 0.29) is 23.6 Å². The van der Waals surface area contributed by atoms with Crippen molar-refractivity contribution in [3.05, 3.63) is 48.0 Å². The number of hydrogen-bond donors (Lipinski definition) is 3. The zero-order valence-corrected chi connectivity index (χ0v) is 23.3. The van der Waals surface area contributed by atoms with Crippen LogP contribution in [0.3, 0.4) is 0 Å².